The van der Waals surface area contributed by atoms with Crippen molar-refractivity contribution in [2.45, 2.75) is 6.92 Å². The van der Waals surface area contributed by atoms with E-state index in [9.17, 15) is 0 Å². The van der Waals surface area contributed by atoms with E-state index in [0.29, 0.717) is 0 Å². The van der Waals surface area contributed by atoms with E-state index in [0.717, 1.165) is 5.58 Å². The number of hydrogen-bond donors (Lipinski definition) is 0. The molecule has 4 rings (SSSR count). The van der Waals surface area contributed by atoms with Gasteiger partial charge in [-0.1, -0.05) is 0 Å². The van der Waals surface area contributed by atoms with Crippen LogP contribution in [0, 0.1) is 6.92 Å². The van der Waals surface area contributed by atoms with E-state index in [-0.39, 0.29) is 0 Å². The molecule has 0 aliphatic carbocycles. The number of hydrogen-bond acceptors (Lipinski definition) is 3. The maximum Gasteiger partial charge on any atom is 0.134 e. The molecule has 2 nitrogen and oxygen atoms in total. The van der Waals surface area contributed by atoms with Crippen LogP contribution in [0.3, 0.4) is 0 Å². The molecule has 4 aromatic rings. The molecule has 1 aromatic carbocycles. The minimum Gasteiger partial charge on any atom is -0.464 e. The van der Waals surface area contributed by atoms with E-state index >= 15 is 0 Å². The fraction of sp³-hybridized carbons (Fsp3) is 0.0714. The molecule has 17 heavy (non-hydrogen) atoms. The maximum absolute atomic E-state index is 5.56. The van der Waals surface area contributed by atoms with Crippen molar-refractivity contribution in [2.75, 3.05) is 0 Å². The van der Waals surface area contributed by atoms with Gasteiger partial charge < -0.3 is 4.42 Å². The van der Waals surface area contributed by atoms with Crippen LogP contribution in [0.25, 0.3) is 31.1 Å². The molecular formula is C14H9NOS. The summed E-state index contributed by atoms with van der Waals surface area (Å²) < 4.78 is 8.13. The lowest BCUT2D eigenvalue weighted by atomic mass is 10.1. The van der Waals surface area contributed by atoms with Crippen LogP contribution >= 0.6 is 11.3 Å². The average molecular weight is 239 g/mol. The normalized spacial score (nSPS) is 11.8. The Balaban J connectivity index is 2.29. The van der Waals surface area contributed by atoms with Crippen LogP contribution in [0.5, 0.6) is 0 Å². The predicted molar refractivity (Wildman–Crippen MR) is 71.6 cm³/mol. The Morgan fingerprint density at radius 2 is 2.06 bits per heavy atom. The number of benzene rings is 1. The van der Waals surface area contributed by atoms with Gasteiger partial charge >= 0.3 is 0 Å². The molecule has 0 N–H and O–H groups in total. The van der Waals surface area contributed by atoms with E-state index in [2.05, 4.69) is 30.1 Å². The van der Waals surface area contributed by atoms with Crippen LogP contribution in [0.2, 0.25) is 0 Å². The van der Waals surface area contributed by atoms with Crippen molar-refractivity contribution < 1.29 is 4.42 Å². The second-order valence-corrected chi connectivity index (χ2v) is 5.32. The number of pyridine rings is 1. The predicted octanol–water partition coefficient (Wildman–Crippen LogP) is 4.50. The lowest BCUT2D eigenvalue weighted by Gasteiger charge is -1.92. The van der Waals surface area contributed by atoms with Gasteiger partial charge in [0.1, 0.15) is 5.58 Å². The summed E-state index contributed by atoms with van der Waals surface area (Å²) in [6.07, 6.45) is 5.58. The lowest BCUT2D eigenvalue weighted by Crippen LogP contribution is -1.70. The SMILES string of the molecule is Cc1coc2cc3c(cc12)sc1ccncc13. The smallest absolute Gasteiger partial charge is 0.134 e. The van der Waals surface area contributed by atoms with Gasteiger partial charge in [0, 0.05) is 38.0 Å². The minimum atomic E-state index is 0.957. The molecular weight excluding hydrogens is 230 g/mol. The Kier molecular flexibility index (Phi) is 1.66. The number of furan rings is 1. The van der Waals surface area contributed by atoms with Crippen molar-refractivity contribution in [2.24, 2.45) is 0 Å². The van der Waals surface area contributed by atoms with Crippen LogP contribution in [0.15, 0.2) is 41.3 Å². The molecule has 0 spiro atoms. The first-order valence-electron chi connectivity index (χ1n) is 5.47. The van der Waals surface area contributed by atoms with E-state index in [1.165, 1.54) is 31.1 Å². The first-order valence-corrected chi connectivity index (χ1v) is 6.29. The van der Waals surface area contributed by atoms with E-state index in [4.69, 9.17) is 4.42 Å². The number of fused-ring (bicyclic) bond motifs is 4. The van der Waals surface area contributed by atoms with Crippen molar-refractivity contribution >= 4 is 42.5 Å². The Labute approximate surface area is 101 Å². The summed E-state index contributed by atoms with van der Waals surface area (Å²) in [7, 11) is 0. The maximum atomic E-state index is 5.56. The van der Waals surface area contributed by atoms with E-state index < -0.39 is 0 Å². The van der Waals surface area contributed by atoms with Gasteiger partial charge in [-0.2, -0.15) is 0 Å². The molecule has 0 amide bonds. The Morgan fingerprint density at radius 3 is 3.00 bits per heavy atom. The van der Waals surface area contributed by atoms with Crippen LogP contribution in [-0.4, -0.2) is 4.98 Å². The highest BCUT2D eigenvalue weighted by atomic mass is 32.1. The van der Waals surface area contributed by atoms with Gasteiger partial charge in [-0.05, 0) is 30.7 Å². The molecule has 0 saturated heterocycles. The van der Waals surface area contributed by atoms with Crippen molar-refractivity contribution in [1.29, 1.82) is 0 Å². The number of rotatable bonds is 0. The molecule has 0 saturated carbocycles. The van der Waals surface area contributed by atoms with Gasteiger partial charge in [0.15, 0.2) is 0 Å². The topological polar surface area (TPSA) is 26.0 Å². The first-order chi connectivity index (χ1) is 8.33. The number of aromatic nitrogens is 1. The van der Waals surface area contributed by atoms with Crippen LogP contribution in [0.4, 0.5) is 0 Å². The van der Waals surface area contributed by atoms with Gasteiger partial charge in [0.2, 0.25) is 0 Å². The highest BCUT2D eigenvalue weighted by molar-refractivity contribution is 7.25. The number of nitrogens with zero attached hydrogens (tertiary/aromatic N) is 1. The summed E-state index contributed by atoms with van der Waals surface area (Å²) in [4.78, 5) is 4.20. The Morgan fingerprint density at radius 1 is 1.12 bits per heavy atom. The quantitative estimate of drug-likeness (QED) is 0.451. The molecule has 0 atom stereocenters. The number of aryl methyl sites for hydroxylation is 1. The zero-order valence-corrected chi connectivity index (χ0v) is 10.0. The Hall–Kier alpha value is -1.87. The fourth-order valence-corrected chi connectivity index (χ4v) is 3.36. The highest BCUT2D eigenvalue weighted by Gasteiger charge is 2.09. The molecule has 0 fully saturated rings. The third kappa shape index (κ3) is 1.17. The molecule has 3 heterocycles. The molecule has 0 aliphatic heterocycles. The van der Waals surface area contributed by atoms with Gasteiger partial charge in [-0.25, -0.2) is 0 Å². The lowest BCUT2D eigenvalue weighted by molar-refractivity contribution is 0.613. The zero-order valence-electron chi connectivity index (χ0n) is 9.23. The summed E-state index contributed by atoms with van der Waals surface area (Å²) >= 11 is 1.81. The van der Waals surface area contributed by atoms with E-state index in [1.807, 2.05) is 18.7 Å². The van der Waals surface area contributed by atoms with Crippen LogP contribution < -0.4 is 0 Å². The van der Waals surface area contributed by atoms with Crippen molar-refractivity contribution in [1.82, 2.24) is 4.98 Å². The number of thiophene rings is 1. The summed E-state index contributed by atoms with van der Waals surface area (Å²) in [5.41, 5.74) is 2.15. The largest absolute Gasteiger partial charge is 0.464 e. The molecule has 0 bridgehead atoms. The van der Waals surface area contributed by atoms with Crippen molar-refractivity contribution in [3.05, 3.63) is 42.4 Å². The molecule has 0 unspecified atom stereocenters. The fourth-order valence-electron chi connectivity index (χ4n) is 2.27. The van der Waals surface area contributed by atoms with Crippen LogP contribution in [-0.2, 0) is 0 Å². The first kappa shape index (κ1) is 9.19. The van der Waals surface area contributed by atoms with Gasteiger partial charge in [0.05, 0.1) is 6.26 Å². The summed E-state index contributed by atoms with van der Waals surface area (Å²) in [5, 5.41) is 3.65. The van der Waals surface area contributed by atoms with Gasteiger partial charge in [-0.15, -0.1) is 11.3 Å². The minimum absolute atomic E-state index is 0.957. The van der Waals surface area contributed by atoms with Crippen LogP contribution in [0.1, 0.15) is 5.56 Å². The second-order valence-electron chi connectivity index (χ2n) is 4.24. The monoisotopic (exact) mass is 239 g/mol. The molecule has 0 aliphatic rings. The molecule has 3 aromatic heterocycles. The summed E-state index contributed by atoms with van der Waals surface area (Å²) in [6.45, 7) is 2.08. The second kappa shape index (κ2) is 3.08. The van der Waals surface area contributed by atoms with Gasteiger partial charge in [-0.3, -0.25) is 4.98 Å². The zero-order chi connectivity index (χ0) is 11.4. The third-order valence-corrected chi connectivity index (χ3v) is 4.29. The molecule has 0 radical (unpaired) electrons. The average Bonchev–Trinajstić information content (AvgIpc) is 2.88. The summed E-state index contributed by atoms with van der Waals surface area (Å²) in [6, 6.07) is 6.40. The van der Waals surface area contributed by atoms with E-state index in [1.54, 1.807) is 11.3 Å². The Bertz CT molecular complexity index is 856. The van der Waals surface area contributed by atoms with Gasteiger partial charge in [0.25, 0.3) is 0 Å². The molecule has 82 valence electrons. The van der Waals surface area contributed by atoms with Crippen molar-refractivity contribution in [3.8, 4) is 0 Å². The van der Waals surface area contributed by atoms with Crippen molar-refractivity contribution in [3.63, 3.8) is 0 Å². The molecule has 3 heteroatoms. The highest BCUT2D eigenvalue weighted by Crippen LogP contribution is 2.36. The standard InChI is InChI=1S/C14H9NOS/c1-8-7-16-12-4-10-11-6-15-3-2-13(11)17-14(10)5-9(8)12/h2-7H,1H3. The third-order valence-electron chi connectivity index (χ3n) is 3.16. The summed E-state index contributed by atoms with van der Waals surface area (Å²) in [5.74, 6) is 0.